The molecule has 0 saturated carbocycles. The second-order valence-corrected chi connectivity index (χ2v) is 4.04. The van der Waals surface area contributed by atoms with Crippen molar-refractivity contribution < 1.29 is 13.6 Å². The Hall–Kier alpha value is -0.420. The van der Waals surface area contributed by atoms with E-state index in [9.17, 15) is 13.6 Å². The summed E-state index contributed by atoms with van der Waals surface area (Å²) in [5.41, 5.74) is 0. The zero-order valence-corrected chi connectivity index (χ0v) is 9.91. The number of amides is 1. The normalized spacial score (nSPS) is 23.7. The van der Waals surface area contributed by atoms with Gasteiger partial charge in [0.1, 0.15) is 0 Å². The van der Waals surface area contributed by atoms with Crippen molar-refractivity contribution in [3.8, 4) is 0 Å². The number of alkyl halides is 2. The zero-order valence-electron chi connectivity index (χ0n) is 9.09. The van der Waals surface area contributed by atoms with Gasteiger partial charge in [0, 0.05) is 19.5 Å². The summed E-state index contributed by atoms with van der Waals surface area (Å²) in [6.07, 6.45) is -0.386. The highest BCUT2D eigenvalue weighted by Crippen LogP contribution is 2.25. The molecule has 6 heteroatoms. The molecule has 0 aromatic rings. The molecule has 1 amide bonds. The maximum absolute atomic E-state index is 12.8. The number of nitrogens with one attached hydrogen (secondary N) is 1. The molecular formula is C9H17ClF2N2O. The van der Waals surface area contributed by atoms with Crippen LogP contribution in [0.5, 0.6) is 0 Å². The van der Waals surface area contributed by atoms with E-state index in [-0.39, 0.29) is 30.8 Å². The third-order valence-corrected chi connectivity index (χ3v) is 2.53. The Morgan fingerprint density at radius 3 is 2.40 bits per heavy atom. The highest BCUT2D eigenvalue weighted by atomic mass is 35.5. The summed E-state index contributed by atoms with van der Waals surface area (Å²) in [6, 6.07) is -0.684. The van der Waals surface area contributed by atoms with Crippen LogP contribution in [0.4, 0.5) is 8.78 Å². The van der Waals surface area contributed by atoms with E-state index in [4.69, 9.17) is 0 Å². The van der Waals surface area contributed by atoms with Crippen LogP contribution >= 0.6 is 12.4 Å². The largest absolute Gasteiger partial charge is 0.342 e. The van der Waals surface area contributed by atoms with Crippen LogP contribution in [0.3, 0.4) is 0 Å². The number of hydrogen-bond acceptors (Lipinski definition) is 2. The lowest BCUT2D eigenvalue weighted by Crippen LogP contribution is -2.44. The first-order valence-electron chi connectivity index (χ1n) is 4.71. The Bertz CT molecular complexity index is 236. The quantitative estimate of drug-likeness (QED) is 0.791. The molecule has 0 aromatic carbocycles. The van der Waals surface area contributed by atoms with E-state index >= 15 is 0 Å². The highest BCUT2D eigenvalue weighted by molar-refractivity contribution is 5.85. The molecular weight excluding hydrogens is 226 g/mol. The second-order valence-electron chi connectivity index (χ2n) is 4.04. The molecule has 1 atom stereocenters. The van der Waals surface area contributed by atoms with Gasteiger partial charge in [-0.1, -0.05) is 0 Å². The van der Waals surface area contributed by atoms with Gasteiger partial charge < -0.3 is 4.90 Å². The molecule has 1 rings (SSSR count). The molecule has 1 heterocycles. The van der Waals surface area contributed by atoms with Crippen molar-refractivity contribution in [1.82, 2.24) is 10.2 Å². The van der Waals surface area contributed by atoms with E-state index in [2.05, 4.69) is 5.32 Å². The Morgan fingerprint density at radius 2 is 2.07 bits per heavy atom. The molecule has 0 aliphatic carbocycles. The maximum atomic E-state index is 12.8. The molecule has 1 fully saturated rings. The Kier molecular flexibility index (Phi) is 4.93. The summed E-state index contributed by atoms with van der Waals surface area (Å²) in [4.78, 5) is 13.1. The van der Waals surface area contributed by atoms with Crippen molar-refractivity contribution >= 4 is 18.3 Å². The molecule has 15 heavy (non-hydrogen) atoms. The zero-order chi connectivity index (χ0) is 10.9. The predicted octanol–water partition coefficient (Wildman–Crippen LogP) is 1.27. The van der Waals surface area contributed by atoms with Crippen molar-refractivity contribution in [2.75, 3.05) is 13.6 Å². The average molecular weight is 243 g/mol. The van der Waals surface area contributed by atoms with Gasteiger partial charge in [0.2, 0.25) is 5.91 Å². The number of hydrogen-bond donors (Lipinski definition) is 1. The number of carbonyl (C=O) groups is 1. The maximum Gasteiger partial charge on any atom is 0.262 e. The van der Waals surface area contributed by atoms with Crippen LogP contribution in [0.1, 0.15) is 20.3 Å². The van der Waals surface area contributed by atoms with E-state index in [1.54, 1.807) is 7.05 Å². The van der Waals surface area contributed by atoms with Gasteiger partial charge >= 0.3 is 0 Å². The first kappa shape index (κ1) is 14.6. The van der Waals surface area contributed by atoms with Gasteiger partial charge in [-0.3, -0.25) is 10.1 Å². The predicted molar refractivity (Wildman–Crippen MR) is 56.5 cm³/mol. The molecule has 1 saturated heterocycles. The van der Waals surface area contributed by atoms with Crippen molar-refractivity contribution in [2.24, 2.45) is 0 Å². The van der Waals surface area contributed by atoms with Crippen molar-refractivity contribution in [3.05, 3.63) is 0 Å². The minimum atomic E-state index is -2.74. The molecule has 0 spiro atoms. The van der Waals surface area contributed by atoms with Crippen LogP contribution in [0, 0.1) is 0 Å². The van der Waals surface area contributed by atoms with E-state index in [1.807, 2.05) is 13.8 Å². The Labute approximate surface area is 94.6 Å². The Balaban J connectivity index is 0.00000196. The molecule has 90 valence electrons. The van der Waals surface area contributed by atoms with Gasteiger partial charge in [0.15, 0.2) is 0 Å². The molecule has 0 bridgehead atoms. The molecule has 1 unspecified atom stereocenters. The number of rotatable bonds is 2. The fraction of sp³-hybridized carbons (Fsp3) is 0.889. The van der Waals surface area contributed by atoms with Crippen molar-refractivity contribution in [3.63, 3.8) is 0 Å². The molecule has 1 aliphatic heterocycles. The highest BCUT2D eigenvalue weighted by Gasteiger charge is 2.43. The number of carbonyl (C=O) groups excluding carboxylic acids is 1. The topological polar surface area (TPSA) is 32.3 Å². The van der Waals surface area contributed by atoms with Gasteiger partial charge in [0.25, 0.3) is 5.92 Å². The number of halogens is 3. The summed E-state index contributed by atoms with van der Waals surface area (Å²) in [5, 5.41) is 2.54. The molecule has 0 radical (unpaired) electrons. The first-order chi connectivity index (χ1) is 6.33. The average Bonchev–Trinajstić information content (AvgIpc) is 2.43. The summed E-state index contributed by atoms with van der Waals surface area (Å²) < 4.78 is 25.6. The number of nitrogens with zero attached hydrogens (tertiary/aromatic N) is 1. The molecule has 1 N–H and O–H groups in total. The minimum Gasteiger partial charge on any atom is -0.342 e. The van der Waals surface area contributed by atoms with Crippen molar-refractivity contribution in [2.45, 2.75) is 38.3 Å². The van der Waals surface area contributed by atoms with Gasteiger partial charge in [-0.05, 0) is 13.8 Å². The molecule has 1 aliphatic rings. The van der Waals surface area contributed by atoms with Gasteiger partial charge in [-0.25, -0.2) is 8.78 Å². The van der Waals surface area contributed by atoms with Crippen molar-refractivity contribution in [1.29, 1.82) is 0 Å². The van der Waals surface area contributed by atoms with E-state index < -0.39 is 18.5 Å². The lowest BCUT2D eigenvalue weighted by Gasteiger charge is -2.24. The molecule has 3 nitrogen and oxygen atoms in total. The Morgan fingerprint density at radius 1 is 1.53 bits per heavy atom. The van der Waals surface area contributed by atoms with Crippen LogP contribution in [0.2, 0.25) is 0 Å². The van der Waals surface area contributed by atoms with E-state index in [0.717, 1.165) is 0 Å². The summed E-state index contributed by atoms with van der Waals surface area (Å²) in [5.74, 6) is -2.99. The molecule has 0 aromatic heterocycles. The summed E-state index contributed by atoms with van der Waals surface area (Å²) in [7, 11) is 1.63. The van der Waals surface area contributed by atoms with Gasteiger partial charge in [-0.15, -0.1) is 12.4 Å². The van der Waals surface area contributed by atoms with Gasteiger partial charge in [0.05, 0.1) is 12.6 Å². The van der Waals surface area contributed by atoms with E-state index in [1.165, 1.54) is 4.90 Å². The van der Waals surface area contributed by atoms with Crippen LogP contribution in [0.15, 0.2) is 0 Å². The lowest BCUT2D eigenvalue weighted by molar-refractivity contribution is -0.133. The standard InChI is InChI=1S/C9H16F2N2O.ClH/c1-6(2)13(3)8(14)7-4-9(10,11)5-12-7;/h6-7,12H,4-5H2,1-3H3;1H. The monoisotopic (exact) mass is 242 g/mol. The SMILES string of the molecule is CC(C)N(C)C(=O)C1CC(F)(F)CN1.Cl. The van der Waals surface area contributed by atoms with Crippen LogP contribution in [0.25, 0.3) is 0 Å². The fourth-order valence-electron chi connectivity index (χ4n) is 1.39. The third kappa shape index (κ3) is 3.57. The summed E-state index contributed by atoms with van der Waals surface area (Å²) >= 11 is 0. The third-order valence-electron chi connectivity index (χ3n) is 2.53. The summed E-state index contributed by atoms with van der Waals surface area (Å²) in [6.45, 7) is 3.31. The number of likely N-dealkylation sites (N-methyl/N-ethyl adjacent to an activating group) is 1. The van der Waals surface area contributed by atoms with Crippen LogP contribution in [-0.4, -0.2) is 42.4 Å². The smallest absolute Gasteiger partial charge is 0.262 e. The van der Waals surface area contributed by atoms with Crippen LogP contribution < -0.4 is 5.32 Å². The van der Waals surface area contributed by atoms with Gasteiger partial charge in [-0.2, -0.15) is 0 Å². The fourth-order valence-corrected chi connectivity index (χ4v) is 1.39. The first-order valence-corrected chi connectivity index (χ1v) is 4.71. The lowest BCUT2D eigenvalue weighted by atomic mass is 10.1. The second kappa shape index (κ2) is 5.07. The minimum absolute atomic E-state index is 0. The van der Waals surface area contributed by atoms with Crippen LogP contribution in [-0.2, 0) is 4.79 Å². The van der Waals surface area contributed by atoms with E-state index in [0.29, 0.717) is 0 Å².